The maximum atomic E-state index is 13.3. The van der Waals surface area contributed by atoms with Crippen molar-refractivity contribution in [1.29, 1.82) is 5.26 Å². The van der Waals surface area contributed by atoms with Crippen molar-refractivity contribution in [2.24, 2.45) is 0 Å². The van der Waals surface area contributed by atoms with Crippen LogP contribution in [0.5, 0.6) is 5.75 Å². The molecule has 1 saturated heterocycles. The number of likely N-dealkylation sites (tertiary alicyclic amines) is 1. The zero-order chi connectivity index (χ0) is 12.1. The van der Waals surface area contributed by atoms with Crippen LogP contribution >= 0.6 is 0 Å². The Morgan fingerprint density at radius 1 is 1.35 bits per heavy atom. The predicted octanol–water partition coefficient (Wildman–Crippen LogP) is 2.17. The van der Waals surface area contributed by atoms with Crippen LogP contribution in [0.3, 0.4) is 0 Å². The Morgan fingerprint density at radius 3 is 2.82 bits per heavy atom. The first-order chi connectivity index (χ1) is 8.31. The highest BCUT2D eigenvalue weighted by molar-refractivity contribution is 5.43. The lowest BCUT2D eigenvalue weighted by atomic mass is 10.2. The molecule has 0 aromatic heterocycles. The van der Waals surface area contributed by atoms with Crippen LogP contribution in [0, 0.1) is 17.1 Å². The monoisotopic (exact) mass is 234 g/mol. The number of benzene rings is 1. The van der Waals surface area contributed by atoms with Gasteiger partial charge in [0.15, 0.2) is 0 Å². The third-order valence-corrected chi connectivity index (χ3v) is 2.95. The standard InChI is InChI=1S/C13H15FN2O/c14-12-4-3-5-13(11(12)10-15)17-9-8-16-6-1-2-7-16/h3-5H,1-2,6-9H2. The highest BCUT2D eigenvalue weighted by atomic mass is 19.1. The van der Waals surface area contributed by atoms with Gasteiger partial charge in [0.2, 0.25) is 0 Å². The fraction of sp³-hybridized carbons (Fsp3) is 0.462. The van der Waals surface area contributed by atoms with Crippen molar-refractivity contribution in [1.82, 2.24) is 4.90 Å². The van der Waals surface area contributed by atoms with E-state index < -0.39 is 5.82 Å². The third kappa shape index (κ3) is 2.95. The Kier molecular flexibility index (Phi) is 3.94. The van der Waals surface area contributed by atoms with Crippen molar-refractivity contribution in [3.8, 4) is 11.8 Å². The second-order valence-corrected chi connectivity index (χ2v) is 4.12. The highest BCUT2D eigenvalue weighted by Gasteiger charge is 2.12. The first-order valence-electron chi connectivity index (χ1n) is 5.85. The molecule has 1 aromatic rings. The molecular formula is C13H15FN2O. The Labute approximate surface area is 100 Å². The minimum atomic E-state index is -0.522. The van der Waals surface area contributed by atoms with Crippen molar-refractivity contribution >= 4 is 0 Å². The number of hydrogen-bond donors (Lipinski definition) is 0. The zero-order valence-corrected chi connectivity index (χ0v) is 9.66. The molecular weight excluding hydrogens is 219 g/mol. The van der Waals surface area contributed by atoms with Gasteiger partial charge in [-0.25, -0.2) is 4.39 Å². The predicted molar refractivity (Wildman–Crippen MR) is 62.3 cm³/mol. The van der Waals surface area contributed by atoms with Gasteiger partial charge in [0.1, 0.15) is 29.8 Å². The van der Waals surface area contributed by atoms with Gasteiger partial charge in [-0.3, -0.25) is 4.90 Å². The van der Waals surface area contributed by atoms with Gasteiger partial charge in [0.05, 0.1) is 0 Å². The van der Waals surface area contributed by atoms with Gasteiger partial charge >= 0.3 is 0 Å². The number of rotatable bonds is 4. The molecule has 1 heterocycles. The molecule has 1 aromatic carbocycles. The fourth-order valence-corrected chi connectivity index (χ4v) is 2.02. The van der Waals surface area contributed by atoms with Gasteiger partial charge in [-0.15, -0.1) is 0 Å². The maximum Gasteiger partial charge on any atom is 0.144 e. The normalized spacial score (nSPS) is 15.8. The Bertz CT molecular complexity index is 422. The molecule has 0 spiro atoms. The molecule has 0 radical (unpaired) electrons. The molecule has 0 N–H and O–H groups in total. The van der Waals surface area contributed by atoms with Crippen LogP contribution in [0.4, 0.5) is 4.39 Å². The van der Waals surface area contributed by atoms with Gasteiger partial charge < -0.3 is 4.74 Å². The molecule has 3 nitrogen and oxygen atoms in total. The first-order valence-corrected chi connectivity index (χ1v) is 5.85. The van der Waals surface area contributed by atoms with Crippen molar-refractivity contribution in [2.45, 2.75) is 12.8 Å². The summed E-state index contributed by atoms with van der Waals surface area (Å²) < 4.78 is 18.7. The molecule has 1 aliphatic heterocycles. The van der Waals surface area contributed by atoms with Crippen molar-refractivity contribution in [3.63, 3.8) is 0 Å². The summed E-state index contributed by atoms with van der Waals surface area (Å²) in [6, 6.07) is 6.29. The van der Waals surface area contributed by atoms with Crippen LogP contribution in [0.1, 0.15) is 18.4 Å². The highest BCUT2D eigenvalue weighted by Crippen LogP contribution is 2.20. The maximum absolute atomic E-state index is 13.3. The lowest BCUT2D eigenvalue weighted by Gasteiger charge is -2.15. The van der Waals surface area contributed by atoms with E-state index in [9.17, 15) is 4.39 Å². The molecule has 0 aliphatic carbocycles. The molecule has 0 bridgehead atoms. The van der Waals surface area contributed by atoms with Crippen LogP contribution in [0.15, 0.2) is 18.2 Å². The average molecular weight is 234 g/mol. The Morgan fingerprint density at radius 2 is 2.12 bits per heavy atom. The van der Waals surface area contributed by atoms with Crippen molar-refractivity contribution in [3.05, 3.63) is 29.6 Å². The summed E-state index contributed by atoms with van der Waals surface area (Å²) in [6.07, 6.45) is 2.48. The van der Waals surface area contributed by atoms with Gasteiger partial charge in [-0.2, -0.15) is 5.26 Å². The molecule has 2 rings (SSSR count). The third-order valence-electron chi connectivity index (χ3n) is 2.95. The first kappa shape index (κ1) is 11.9. The Balaban J connectivity index is 1.90. The van der Waals surface area contributed by atoms with E-state index in [1.54, 1.807) is 12.1 Å². The summed E-state index contributed by atoms with van der Waals surface area (Å²) in [6.45, 7) is 3.55. The second-order valence-electron chi connectivity index (χ2n) is 4.12. The zero-order valence-electron chi connectivity index (χ0n) is 9.66. The number of nitrogens with zero attached hydrogens (tertiary/aromatic N) is 2. The minimum absolute atomic E-state index is 0.00563. The van der Waals surface area contributed by atoms with E-state index >= 15 is 0 Å². The topological polar surface area (TPSA) is 36.3 Å². The molecule has 17 heavy (non-hydrogen) atoms. The molecule has 0 atom stereocenters. The van der Waals surface area contributed by atoms with E-state index in [-0.39, 0.29) is 5.56 Å². The molecule has 90 valence electrons. The van der Waals surface area contributed by atoms with E-state index in [1.807, 2.05) is 6.07 Å². The number of nitriles is 1. The minimum Gasteiger partial charge on any atom is -0.491 e. The van der Waals surface area contributed by atoms with E-state index in [4.69, 9.17) is 10.00 Å². The molecule has 0 unspecified atom stereocenters. The number of ether oxygens (including phenoxy) is 1. The quantitative estimate of drug-likeness (QED) is 0.801. The van der Waals surface area contributed by atoms with Crippen LogP contribution in [0.25, 0.3) is 0 Å². The van der Waals surface area contributed by atoms with E-state index in [1.165, 1.54) is 18.9 Å². The molecule has 1 fully saturated rings. The summed E-state index contributed by atoms with van der Waals surface area (Å²) in [4.78, 5) is 2.31. The van der Waals surface area contributed by atoms with Crippen molar-refractivity contribution in [2.75, 3.05) is 26.2 Å². The van der Waals surface area contributed by atoms with Gasteiger partial charge in [-0.05, 0) is 38.1 Å². The molecule has 0 saturated carbocycles. The number of halogens is 1. The summed E-state index contributed by atoms with van der Waals surface area (Å²) in [7, 11) is 0. The average Bonchev–Trinajstić information content (AvgIpc) is 2.82. The van der Waals surface area contributed by atoms with Gasteiger partial charge in [0.25, 0.3) is 0 Å². The smallest absolute Gasteiger partial charge is 0.144 e. The van der Waals surface area contributed by atoms with Gasteiger partial charge in [0, 0.05) is 6.54 Å². The SMILES string of the molecule is N#Cc1c(F)cccc1OCCN1CCCC1. The van der Waals surface area contributed by atoms with E-state index in [0.29, 0.717) is 12.4 Å². The summed E-state index contributed by atoms with van der Waals surface area (Å²) in [5.74, 6) is -0.183. The van der Waals surface area contributed by atoms with Crippen LogP contribution in [-0.2, 0) is 0 Å². The Hall–Kier alpha value is -1.60. The molecule has 0 amide bonds. The van der Waals surface area contributed by atoms with Gasteiger partial charge in [-0.1, -0.05) is 6.07 Å². The van der Waals surface area contributed by atoms with Crippen LogP contribution < -0.4 is 4.74 Å². The molecule has 4 heteroatoms. The second kappa shape index (κ2) is 5.65. The van der Waals surface area contributed by atoms with Crippen LogP contribution in [0.2, 0.25) is 0 Å². The summed E-state index contributed by atoms with van der Waals surface area (Å²) in [5, 5.41) is 8.83. The summed E-state index contributed by atoms with van der Waals surface area (Å²) in [5.41, 5.74) is -0.00563. The van der Waals surface area contributed by atoms with E-state index in [0.717, 1.165) is 19.6 Å². The number of hydrogen-bond acceptors (Lipinski definition) is 3. The lowest BCUT2D eigenvalue weighted by Crippen LogP contribution is -2.25. The van der Waals surface area contributed by atoms with E-state index in [2.05, 4.69) is 4.90 Å². The summed E-state index contributed by atoms with van der Waals surface area (Å²) >= 11 is 0. The van der Waals surface area contributed by atoms with Crippen molar-refractivity contribution < 1.29 is 9.13 Å². The lowest BCUT2D eigenvalue weighted by molar-refractivity contribution is 0.236. The fourth-order valence-electron chi connectivity index (χ4n) is 2.02. The largest absolute Gasteiger partial charge is 0.491 e. The molecule has 1 aliphatic rings. The van der Waals surface area contributed by atoms with Crippen LogP contribution in [-0.4, -0.2) is 31.1 Å².